The number of hydrogen-bond acceptors (Lipinski definition) is 4. The summed E-state index contributed by atoms with van der Waals surface area (Å²) in [6.45, 7) is 0.284. The van der Waals surface area contributed by atoms with Crippen LogP contribution in [0.2, 0.25) is 0 Å². The second-order valence-corrected chi connectivity index (χ2v) is 5.38. The molecule has 1 saturated carbocycles. The lowest BCUT2D eigenvalue weighted by molar-refractivity contribution is -0.505. The summed E-state index contributed by atoms with van der Waals surface area (Å²) in [7, 11) is 1.61. The first-order valence-corrected chi connectivity index (χ1v) is 5.99. The van der Waals surface area contributed by atoms with Gasteiger partial charge in [0.25, 0.3) is 0 Å². The van der Waals surface area contributed by atoms with Crippen molar-refractivity contribution in [2.24, 2.45) is 17.3 Å². The molecule has 0 unspecified atom stereocenters. The van der Waals surface area contributed by atoms with Crippen molar-refractivity contribution in [3.05, 3.63) is 21.8 Å². The highest BCUT2D eigenvalue weighted by atomic mass is 16.6. The number of allylic oxidation sites excluding steroid dienone is 1. The number of carboxylic acids is 1. The quantitative estimate of drug-likeness (QED) is 0.439. The van der Waals surface area contributed by atoms with Crippen LogP contribution in [0.4, 0.5) is 0 Å². The molecule has 0 amide bonds. The first kappa shape index (κ1) is 13.0. The van der Waals surface area contributed by atoms with E-state index in [9.17, 15) is 14.9 Å². The van der Waals surface area contributed by atoms with Crippen molar-refractivity contribution >= 4 is 5.97 Å². The minimum Gasteiger partial charge on any atom is -0.481 e. The van der Waals surface area contributed by atoms with E-state index in [2.05, 4.69) is 0 Å². The fourth-order valence-corrected chi connectivity index (χ4v) is 3.56. The topological polar surface area (TPSA) is 89.7 Å². The molecule has 100 valence electrons. The minimum absolute atomic E-state index is 0.0316. The van der Waals surface area contributed by atoms with E-state index in [0.29, 0.717) is 18.9 Å². The van der Waals surface area contributed by atoms with Crippen molar-refractivity contribution in [1.29, 1.82) is 0 Å². The zero-order chi connectivity index (χ0) is 13.3. The first-order valence-electron chi connectivity index (χ1n) is 5.99. The third-order valence-electron chi connectivity index (χ3n) is 4.10. The number of hydrogen-bond donors (Lipinski definition) is 1. The van der Waals surface area contributed by atoms with Crippen molar-refractivity contribution in [2.75, 3.05) is 20.3 Å². The van der Waals surface area contributed by atoms with Gasteiger partial charge in [-0.15, -0.1) is 0 Å². The largest absolute Gasteiger partial charge is 0.481 e. The fraction of sp³-hybridized carbons (Fsp3) is 0.750. The van der Waals surface area contributed by atoms with Crippen LogP contribution in [0.5, 0.6) is 0 Å². The molecule has 0 spiro atoms. The van der Waals surface area contributed by atoms with E-state index >= 15 is 0 Å². The summed E-state index contributed by atoms with van der Waals surface area (Å²) in [6.07, 6.45) is 3.41. The van der Waals surface area contributed by atoms with Gasteiger partial charge in [-0.05, 0) is 30.3 Å². The number of rotatable bonds is 6. The number of carboxylic acid groups (broad SMARTS) is 1. The molecule has 0 saturated heterocycles. The second-order valence-electron chi connectivity index (χ2n) is 5.38. The van der Waals surface area contributed by atoms with Crippen LogP contribution in [-0.4, -0.2) is 36.3 Å². The van der Waals surface area contributed by atoms with Gasteiger partial charge in [-0.3, -0.25) is 14.9 Å². The lowest BCUT2D eigenvalue weighted by Gasteiger charge is -2.48. The number of fused-ring (bicyclic) bond motifs is 1. The number of methoxy groups -OCH3 is 1. The Morgan fingerprint density at radius 3 is 3.00 bits per heavy atom. The van der Waals surface area contributed by atoms with E-state index in [1.165, 1.54) is 0 Å². The molecular formula is C12H17NO5. The average Bonchev–Trinajstić information content (AvgIpc) is 2.55. The van der Waals surface area contributed by atoms with Gasteiger partial charge in [-0.2, -0.15) is 0 Å². The molecule has 0 aromatic rings. The molecule has 6 nitrogen and oxygen atoms in total. The standard InChI is InChI=1S/C12H17NO5/c1-18-6-8-2-9-4-12(5-11(14)15,7-13(16)17)10(9)3-8/h3,9-10H,2,4-7H2,1H3,(H,14,15)/t9-,10-,12-/m0/s1. The smallest absolute Gasteiger partial charge is 0.304 e. The summed E-state index contributed by atoms with van der Waals surface area (Å²) in [4.78, 5) is 21.3. The number of carbonyl (C=O) groups is 1. The van der Waals surface area contributed by atoms with E-state index in [1.807, 2.05) is 6.08 Å². The molecule has 0 bridgehead atoms. The molecule has 1 N–H and O–H groups in total. The molecule has 18 heavy (non-hydrogen) atoms. The number of nitrogens with zero attached hydrogens (tertiary/aromatic N) is 1. The summed E-state index contributed by atoms with van der Waals surface area (Å²) in [5.74, 6) is -0.553. The summed E-state index contributed by atoms with van der Waals surface area (Å²) in [5, 5.41) is 19.7. The lowest BCUT2D eigenvalue weighted by Crippen LogP contribution is -2.50. The van der Waals surface area contributed by atoms with Crippen molar-refractivity contribution in [3.8, 4) is 0 Å². The van der Waals surface area contributed by atoms with Crippen LogP contribution >= 0.6 is 0 Å². The number of aliphatic carboxylic acids is 1. The van der Waals surface area contributed by atoms with Crippen LogP contribution in [0.3, 0.4) is 0 Å². The van der Waals surface area contributed by atoms with E-state index in [0.717, 1.165) is 12.0 Å². The molecule has 0 aliphatic heterocycles. The van der Waals surface area contributed by atoms with Gasteiger partial charge < -0.3 is 9.84 Å². The maximum Gasteiger partial charge on any atom is 0.304 e. The zero-order valence-corrected chi connectivity index (χ0v) is 10.3. The van der Waals surface area contributed by atoms with Gasteiger partial charge in [-0.25, -0.2) is 0 Å². The molecule has 0 heterocycles. The van der Waals surface area contributed by atoms with Crippen LogP contribution in [0.1, 0.15) is 19.3 Å². The summed E-state index contributed by atoms with van der Waals surface area (Å²) in [6, 6.07) is 0. The fourth-order valence-electron chi connectivity index (χ4n) is 3.56. The first-order chi connectivity index (χ1) is 8.47. The van der Waals surface area contributed by atoms with Gasteiger partial charge in [0.15, 0.2) is 0 Å². The Labute approximate surface area is 105 Å². The third kappa shape index (κ3) is 2.25. The highest BCUT2D eigenvalue weighted by Gasteiger charge is 2.58. The van der Waals surface area contributed by atoms with Crippen molar-refractivity contribution < 1.29 is 19.6 Å². The summed E-state index contributed by atoms with van der Waals surface area (Å²) in [5.41, 5.74) is 0.457. The molecule has 0 radical (unpaired) electrons. The van der Waals surface area contributed by atoms with Crippen LogP contribution < -0.4 is 0 Å². The molecule has 1 fully saturated rings. The van der Waals surface area contributed by atoms with Crippen LogP contribution in [0, 0.1) is 27.4 Å². The molecule has 0 aromatic carbocycles. The Hall–Kier alpha value is -1.43. The zero-order valence-electron chi connectivity index (χ0n) is 10.3. The monoisotopic (exact) mass is 255 g/mol. The van der Waals surface area contributed by atoms with Gasteiger partial charge in [0, 0.05) is 12.0 Å². The highest BCUT2D eigenvalue weighted by molar-refractivity contribution is 5.68. The molecule has 2 rings (SSSR count). The number of nitro groups is 1. The Bertz CT molecular complexity index is 387. The minimum atomic E-state index is -0.955. The van der Waals surface area contributed by atoms with Crippen LogP contribution in [0.25, 0.3) is 0 Å². The SMILES string of the molecule is COCC1=C[C@H]2[C@@H](C1)C[C@]2(CC(=O)O)C[N+](=O)[O-]. The van der Waals surface area contributed by atoms with Crippen molar-refractivity contribution in [3.63, 3.8) is 0 Å². The Morgan fingerprint density at radius 2 is 2.44 bits per heavy atom. The summed E-state index contributed by atoms with van der Waals surface area (Å²) < 4.78 is 5.06. The van der Waals surface area contributed by atoms with Gasteiger partial charge in [-0.1, -0.05) is 6.08 Å². The highest BCUT2D eigenvalue weighted by Crippen LogP contribution is 2.59. The maximum atomic E-state index is 10.9. The normalized spacial score (nSPS) is 33.5. The molecule has 6 heteroatoms. The van der Waals surface area contributed by atoms with E-state index in [1.54, 1.807) is 7.11 Å². The summed E-state index contributed by atoms with van der Waals surface area (Å²) >= 11 is 0. The molecule has 3 atom stereocenters. The Balaban J connectivity index is 2.13. The Morgan fingerprint density at radius 1 is 1.72 bits per heavy atom. The molecular weight excluding hydrogens is 238 g/mol. The van der Waals surface area contributed by atoms with Crippen molar-refractivity contribution in [1.82, 2.24) is 0 Å². The van der Waals surface area contributed by atoms with Gasteiger partial charge >= 0.3 is 5.97 Å². The van der Waals surface area contributed by atoms with Gasteiger partial charge in [0.05, 0.1) is 18.4 Å². The van der Waals surface area contributed by atoms with Gasteiger partial charge in [0.2, 0.25) is 6.54 Å². The Kier molecular flexibility index (Phi) is 3.38. The van der Waals surface area contributed by atoms with E-state index < -0.39 is 11.4 Å². The second kappa shape index (κ2) is 4.68. The third-order valence-corrected chi connectivity index (χ3v) is 4.10. The average molecular weight is 255 g/mol. The predicted octanol–water partition coefficient (Wildman–Crippen LogP) is 1.34. The van der Waals surface area contributed by atoms with Crippen LogP contribution in [-0.2, 0) is 9.53 Å². The van der Waals surface area contributed by atoms with Gasteiger partial charge in [0.1, 0.15) is 0 Å². The molecule has 2 aliphatic rings. The maximum absolute atomic E-state index is 10.9. The van der Waals surface area contributed by atoms with E-state index in [-0.39, 0.29) is 23.8 Å². The predicted molar refractivity (Wildman–Crippen MR) is 62.7 cm³/mol. The van der Waals surface area contributed by atoms with E-state index in [4.69, 9.17) is 9.84 Å². The number of ether oxygens (including phenoxy) is 1. The van der Waals surface area contributed by atoms with Crippen LogP contribution in [0.15, 0.2) is 11.6 Å². The molecule has 0 aromatic heterocycles. The molecule has 2 aliphatic carbocycles. The van der Waals surface area contributed by atoms with Crippen molar-refractivity contribution in [2.45, 2.75) is 19.3 Å². The lowest BCUT2D eigenvalue weighted by atomic mass is 9.53.